The zero-order valence-corrected chi connectivity index (χ0v) is 53.2. The Morgan fingerprint density at radius 3 is 0.860 bits per heavy atom. The summed E-state index contributed by atoms with van der Waals surface area (Å²) in [5.74, 6) is 3.44. The van der Waals surface area contributed by atoms with Crippen molar-refractivity contribution in [3.63, 3.8) is 0 Å². The van der Waals surface area contributed by atoms with E-state index >= 15 is 0 Å². The smallest absolute Gasteiger partial charge is 0.119 e. The number of aromatic amines is 2. The van der Waals surface area contributed by atoms with Crippen molar-refractivity contribution in [3.8, 4) is 67.5 Å². The maximum atomic E-state index is 6.36. The van der Waals surface area contributed by atoms with Crippen molar-refractivity contribution in [3.05, 3.63) is 144 Å². The monoisotopic (exact) mass is 1160 g/mol. The van der Waals surface area contributed by atoms with Crippen LogP contribution in [-0.4, -0.2) is 111 Å². The summed E-state index contributed by atoms with van der Waals surface area (Å²) in [4.78, 5) is 19.1. The van der Waals surface area contributed by atoms with Crippen LogP contribution in [-0.2, 0) is 0 Å². The number of quaternary nitrogens is 2. The Labute approximate surface area is 514 Å². The molecule has 9 rings (SSSR count). The van der Waals surface area contributed by atoms with Crippen LogP contribution in [0.25, 0.3) is 90.9 Å². The molecule has 86 heavy (non-hydrogen) atoms. The van der Waals surface area contributed by atoms with Gasteiger partial charge in [0, 0.05) is 57.2 Å². The van der Waals surface area contributed by atoms with E-state index in [9.17, 15) is 0 Å². The predicted molar refractivity (Wildman–Crippen MR) is 363 cm³/mol. The molecule has 8 bridgehead atoms. The lowest BCUT2D eigenvalue weighted by molar-refractivity contribution is -0.870. The number of nitrogens with one attached hydrogen (secondary N) is 2. The molecule has 0 saturated carbocycles. The van der Waals surface area contributed by atoms with E-state index in [1.54, 1.807) is 0 Å². The molecule has 0 fully saturated rings. The van der Waals surface area contributed by atoms with E-state index in [-0.39, 0.29) is 0 Å². The lowest BCUT2D eigenvalue weighted by Crippen LogP contribution is -2.36. The highest BCUT2D eigenvalue weighted by Gasteiger charge is 2.21. The summed E-state index contributed by atoms with van der Waals surface area (Å²) in [6, 6.07) is 42.9. The second-order valence-corrected chi connectivity index (χ2v) is 25.7. The molecular formula is C76H98N6O4+2. The van der Waals surface area contributed by atoms with E-state index < -0.39 is 0 Å². The lowest BCUT2D eigenvalue weighted by Gasteiger charge is -2.23. The van der Waals surface area contributed by atoms with Gasteiger partial charge in [0.05, 0.1) is 105 Å². The molecule has 7 aromatic rings. The fraction of sp³-hybridized carbons (Fsp3) is 0.421. The molecule has 0 saturated heterocycles. The number of rotatable bonds is 34. The predicted octanol–water partition coefficient (Wildman–Crippen LogP) is 19.3. The van der Waals surface area contributed by atoms with E-state index in [1.807, 2.05) is 0 Å². The van der Waals surface area contributed by atoms with Gasteiger partial charge in [-0.05, 0) is 132 Å². The van der Waals surface area contributed by atoms with Crippen LogP contribution in [0.3, 0.4) is 0 Å². The molecule has 10 nitrogen and oxygen atoms in total. The van der Waals surface area contributed by atoms with Crippen molar-refractivity contribution in [2.24, 2.45) is 0 Å². The van der Waals surface area contributed by atoms with Gasteiger partial charge >= 0.3 is 0 Å². The molecule has 0 atom stereocenters. The highest BCUT2D eigenvalue weighted by atomic mass is 16.5. The molecule has 2 aliphatic rings. The maximum Gasteiger partial charge on any atom is 0.119 e. The number of fused-ring (bicyclic) bond motifs is 8. The largest absolute Gasteiger partial charge is 0.494 e. The number of nitrogens with zero attached hydrogens (tertiary/aromatic N) is 4. The summed E-state index contributed by atoms with van der Waals surface area (Å²) in [5, 5.41) is 0. The van der Waals surface area contributed by atoms with Crippen LogP contribution in [0.15, 0.2) is 121 Å². The van der Waals surface area contributed by atoms with Gasteiger partial charge in [0.15, 0.2) is 0 Å². The van der Waals surface area contributed by atoms with E-state index in [4.69, 9.17) is 28.9 Å². The number of unbranched alkanes of at least 4 members (excludes halogenated alkanes) is 14. The van der Waals surface area contributed by atoms with Crippen molar-refractivity contribution < 1.29 is 27.9 Å². The standard InChI is InChI=1S/C76H98N6O4/c1-9-11-13-15-17-19-21-23-53-83-61-35-27-57(28-36-61)73-65-43-47-69(77-65)75(59-31-39-63(40-32-59)85-55-25-51-81(3,4)5)71-49-45-67(79-71)74(58-29-37-62(38-30-58)84-54-24-22-20-18-16-14-12-10-2)68-46-50-72(80-68)76(70-48-44-66(73)78-70)60-33-41-64(42-34-60)86-56-26-52-82(6,7)8/h27-50,77,79H,9-26,51-56H2,1-8H3/q+2. The first-order chi connectivity index (χ1) is 41.8. The number of benzene rings is 4. The van der Waals surface area contributed by atoms with Crippen molar-refractivity contribution in [1.82, 2.24) is 19.9 Å². The van der Waals surface area contributed by atoms with Crippen molar-refractivity contribution in [2.45, 2.75) is 129 Å². The Bertz CT molecular complexity index is 3300. The highest BCUT2D eigenvalue weighted by molar-refractivity contribution is 6.00. The second kappa shape index (κ2) is 31.3. The van der Waals surface area contributed by atoms with E-state index in [2.05, 4.69) is 212 Å². The molecule has 454 valence electrons. The van der Waals surface area contributed by atoms with Crippen LogP contribution < -0.4 is 18.9 Å². The minimum Gasteiger partial charge on any atom is -0.494 e. The normalized spacial score (nSPS) is 12.3. The van der Waals surface area contributed by atoms with Gasteiger partial charge in [0.2, 0.25) is 0 Å². The number of ether oxygens (including phenoxy) is 4. The lowest BCUT2D eigenvalue weighted by atomic mass is 10.0. The second-order valence-electron chi connectivity index (χ2n) is 25.7. The highest BCUT2D eigenvalue weighted by Crippen LogP contribution is 2.40. The summed E-state index contributed by atoms with van der Waals surface area (Å²) in [7, 11) is 13.3. The first-order valence-corrected chi connectivity index (χ1v) is 32.5. The van der Waals surface area contributed by atoms with Gasteiger partial charge in [-0.1, -0.05) is 152 Å². The zero-order valence-electron chi connectivity index (χ0n) is 53.2. The number of hydrogen-bond acceptors (Lipinski definition) is 6. The van der Waals surface area contributed by atoms with Crippen molar-refractivity contribution in [2.75, 3.05) is 81.8 Å². The van der Waals surface area contributed by atoms with E-state index in [0.717, 1.165) is 160 Å². The molecule has 10 heteroatoms. The van der Waals surface area contributed by atoms with Gasteiger partial charge < -0.3 is 37.9 Å². The number of H-pyrrole nitrogens is 2. The van der Waals surface area contributed by atoms with Gasteiger partial charge in [-0.3, -0.25) is 0 Å². The van der Waals surface area contributed by atoms with Gasteiger partial charge in [0.1, 0.15) is 23.0 Å². The fourth-order valence-corrected chi connectivity index (χ4v) is 11.6. The molecule has 3 aromatic heterocycles. The molecule has 0 unspecified atom stereocenters. The Hall–Kier alpha value is -7.40. The average molecular weight is 1160 g/mol. The van der Waals surface area contributed by atoms with Crippen molar-refractivity contribution >= 4 is 46.4 Å². The minimum atomic E-state index is 0.655. The van der Waals surface area contributed by atoms with Crippen LogP contribution in [0.2, 0.25) is 0 Å². The molecule has 2 N–H and O–H groups in total. The Balaban J connectivity index is 1.15. The van der Waals surface area contributed by atoms with Gasteiger partial charge in [-0.25, -0.2) is 9.97 Å². The summed E-state index contributed by atoms with van der Waals surface area (Å²) in [5.41, 5.74) is 15.2. The summed E-state index contributed by atoms with van der Waals surface area (Å²) in [6.07, 6.45) is 30.8. The quantitative estimate of drug-likeness (QED) is 0.0308. The van der Waals surface area contributed by atoms with Crippen molar-refractivity contribution in [1.29, 1.82) is 0 Å². The topological polar surface area (TPSA) is 94.3 Å². The molecule has 5 heterocycles. The third-order valence-corrected chi connectivity index (χ3v) is 16.3. The summed E-state index contributed by atoms with van der Waals surface area (Å²) < 4.78 is 27.2. The Morgan fingerprint density at radius 2 is 0.547 bits per heavy atom. The van der Waals surface area contributed by atoms with Crippen LogP contribution >= 0.6 is 0 Å². The average Bonchev–Trinajstić information content (AvgIpc) is 2.25. The third-order valence-electron chi connectivity index (χ3n) is 16.3. The molecule has 0 amide bonds. The first-order valence-electron chi connectivity index (χ1n) is 32.5. The molecule has 0 radical (unpaired) electrons. The Kier molecular flexibility index (Phi) is 23.0. The number of hydrogen-bond donors (Lipinski definition) is 2. The van der Waals surface area contributed by atoms with E-state index in [1.165, 1.54) is 89.9 Å². The number of aromatic nitrogens is 4. The summed E-state index contributed by atoms with van der Waals surface area (Å²) in [6.45, 7) is 9.36. The van der Waals surface area contributed by atoms with Crippen LogP contribution in [0, 0.1) is 0 Å². The van der Waals surface area contributed by atoms with Gasteiger partial charge in [-0.2, -0.15) is 0 Å². The van der Waals surface area contributed by atoms with Crippen LogP contribution in [0.5, 0.6) is 23.0 Å². The van der Waals surface area contributed by atoms with Gasteiger partial charge in [-0.15, -0.1) is 0 Å². The molecule has 0 spiro atoms. The molecule has 0 aliphatic carbocycles. The maximum absolute atomic E-state index is 6.36. The summed E-state index contributed by atoms with van der Waals surface area (Å²) >= 11 is 0. The van der Waals surface area contributed by atoms with Crippen LogP contribution in [0.1, 0.15) is 152 Å². The minimum absolute atomic E-state index is 0.655. The molecular weight excluding hydrogens is 1060 g/mol. The molecule has 4 aromatic carbocycles. The fourth-order valence-electron chi connectivity index (χ4n) is 11.6. The first kappa shape index (κ1) is 63.1. The van der Waals surface area contributed by atoms with Gasteiger partial charge in [0.25, 0.3) is 0 Å². The van der Waals surface area contributed by atoms with Crippen LogP contribution in [0.4, 0.5) is 0 Å². The molecule has 2 aliphatic heterocycles. The SMILES string of the molecule is CCCCCCCCCCOc1ccc(-c2c3nc(c(-c4ccc(OCCC[N+](C)(C)C)cc4)c4nc(c(-c5ccc(OCCCCCCCCCC)cc5)c5ccc([nH]5)c(-c5ccc(OCCC[N+](C)(C)C)cc5)c5ccc2[nH]5)C=C4)C=C3)cc1. The Morgan fingerprint density at radius 1 is 0.291 bits per heavy atom. The zero-order chi connectivity index (χ0) is 60.1. The van der Waals surface area contributed by atoms with E-state index in [0.29, 0.717) is 26.4 Å². The third kappa shape index (κ3) is 18.3.